The molecule has 0 aromatic rings. The fourth-order valence-electron chi connectivity index (χ4n) is 2.43. The highest BCUT2D eigenvalue weighted by molar-refractivity contribution is 5.88. The molecule has 4 nitrogen and oxygen atoms in total. The van der Waals surface area contributed by atoms with E-state index in [0.29, 0.717) is 24.8 Å². The average molecular weight is 254 g/mol. The summed E-state index contributed by atoms with van der Waals surface area (Å²) in [6, 6.07) is 0.503. The van der Waals surface area contributed by atoms with Gasteiger partial charge >= 0.3 is 5.97 Å². The maximum Gasteiger partial charge on any atom is 0.334 e. The van der Waals surface area contributed by atoms with Crippen molar-refractivity contribution in [2.45, 2.75) is 32.7 Å². The van der Waals surface area contributed by atoms with Crippen LogP contribution in [0, 0.1) is 0 Å². The van der Waals surface area contributed by atoms with E-state index in [1.807, 2.05) is 6.92 Å². The van der Waals surface area contributed by atoms with Crippen molar-refractivity contribution in [2.24, 2.45) is 0 Å². The molecule has 0 radical (unpaired) electrons. The number of hydrogen-bond donors (Lipinski definition) is 0. The fourth-order valence-corrected chi connectivity index (χ4v) is 2.43. The fraction of sp³-hybridized carbons (Fsp3) is 0.786. The molecule has 1 saturated heterocycles. The molecule has 1 heterocycles. The molecule has 4 heteroatoms. The Morgan fingerprint density at radius 3 is 2.72 bits per heavy atom. The van der Waals surface area contributed by atoms with Gasteiger partial charge in [-0.25, -0.2) is 4.79 Å². The third-order valence-corrected chi connectivity index (χ3v) is 3.45. The molecule has 0 bridgehead atoms. The summed E-state index contributed by atoms with van der Waals surface area (Å²) in [4.78, 5) is 16.3. The Kier molecular flexibility index (Phi) is 6.36. The van der Waals surface area contributed by atoms with Crippen molar-refractivity contribution in [3.05, 3.63) is 12.2 Å². The quantitative estimate of drug-likeness (QED) is 0.550. The number of nitrogens with zero attached hydrogens (tertiary/aromatic N) is 2. The molecule has 0 aromatic carbocycles. The van der Waals surface area contributed by atoms with Crippen LogP contribution in [-0.2, 0) is 9.53 Å². The van der Waals surface area contributed by atoms with Crippen LogP contribution >= 0.6 is 0 Å². The first-order valence-corrected chi connectivity index (χ1v) is 6.86. The summed E-state index contributed by atoms with van der Waals surface area (Å²) >= 11 is 0. The maximum absolute atomic E-state index is 11.6. The minimum atomic E-state index is -0.259. The summed E-state index contributed by atoms with van der Waals surface area (Å²) in [5.41, 5.74) is 0.569. The lowest BCUT2D eigenvalue weighted by Gasteiger charge is -2.30. The summed E-state index contributed by atoms with van der Waals surface area (Å²) in [5, 5.41) is 0. The topological polar surface area (TPSA) is 32.8 Å². The highest BCUT2D eigenvalue weighted by Gasteiger charge is 2.23. The minimum absolute atomic E-state index is 0.259. The molecule has 1 aliphatic rings. The lowest BCUT2D eigenvalue weighted by atomic mass is 10.1. The lowest BCUT2D eigenvalue weighted by molar-refractivity contribution is -0.138. The monoisotopic (exact) mass is 254 g/mol. The molecule has 1 rings (SSSR count). The van der Waals surface area contributed by atoms with Crippen LogP contribution < -0.4 is 0 Å². The van der Waals surface area contributed by atoms with Gasteiger partial charge in [-0.05, 0) is 33.4 Å². The zero-order valence-electron chi connectivity index (χ0n) is 11.9. The van der Waals surface area contributed by atoms with E-state index in [1.54, 1.807) is 0 Å². The molecule has 0 spiro atoms. The SMILES string of the molecule is C=C(CN1CCCN(C)CC1CC)C(=O)OCC. The Morgan fingerprint density at radius 1 is 1.39 bits per heavy atom. The van der Waals surface area contributed by atoms with Gasteiger partial charge in [-0.3, -0.25) is 4.90 Å². The largest absolute Gasteiger partial charge is 0.463 e. The van der Waals surface area contributed by atoms with Crippen molar-refractivity contribution < 1.29 is 9.53 Å². The number of esters is 1. The second-order valence-corrected chi connectivity index (χ2v) is 4.97. The van der Waals surface area contributed by atoms with E-state index in [4.69, 9.17) is 4.74 Å². The van der Waals surface area contributed by atoms with Crippen LogP contribution in [0.15, 0.2) is 12.2 Å². The average Bonchev–Trinajstić information content (AvgIpc) is 2.51. The van der Waals surface area contributed by atoms with Crippen LogP contribution in [0.5, 0.6) is 0 Å². The van der Waals surface area contributed by atoms with Crippen LogP contribution in [0.1, 0.15) is 26.7 Å². The second-order valence-electron chi connectivity index (χ2n) is 4.97. The number of likely N-dealkylation sites (N-methyl/N-ethyl adjacent to an activating group) is 1. The number of rotatable bonds is 5. The van der Waals surface area contributed by atoms with Crippen LogP contribution in [0.25, 0.3) is 0 Å². The normalized spacial score (nSPS) is 22.5. The molecule has 1 atom stereocenters. The molecule has 1 fully saturated rings. The van der Waals surface area contributed by atoms with E-state index >= 15 is 0 Å². The van der Waals surface area contributed by atoms with Crippen LogP contribution in [0.2, 0.25) is 0 Å². The molecule has 0 amide bonds. The van der Waals surface area contributed by atoms with Crippen molar-refractivity contribution in [3.8, 4) is 0 Å². The number of hydrogen-bond acceptors (Lipinski definition) is 4. The first-order chi connectivity index (χ1) is 8.58. The van der Waals surface area contributed by atoms with Crippen molar-refractivity contribution in [3.63, 3.8) is 0 Å². The first kappa shape index (κ1) is 15.2. The van der Waals surface area contributed by atoms with Crippen molar-refractivity contribution in [1.82, 2.24) is 9.80 Å². The maximum atomic E-state index is 11.6. The number of carbonyl (C=O) groups excluding carboxylic acids is 1. The van der Waals surface area contributed by atoms with Gasteiger partial charge in [0.15, 0.2) is 0 Å². The van der Waals surface area contributed by atoms with E-state index in [2.05, 4.69) is 30.4 Å². The van der Waals surface area contributed by atoms with Gasteiger partial charge in [0.2, 0.25) is 0 Å². The summed E-state index contributed by atoms with van der Waals surface area (Å²) in [6.07, 6.45) is 2.24. The third kappa shape index (κ3) is 4.42. The standard InChI is InChI=1S/C14H26N2O2/c1-5-13-11-15(4)8-7-9-16(13)10-12(3)14(17)18-6-2/h13H,3,5-11H2,1-2,4H3. The Morgan fingerprint density at radius 2 is 2.11 bits per heavy atom. The Balaban J connectivity index is 2.57. The van der Waals surface area contributed by atoms with Crippen LogP contribution in [0.4, 0.5) is 0 Å². The van der Waals surface area contributed by atoms with E-state index in [9.17, 15) is 4.79 Å². The number of carbonyl (C=O) groups is 1. The zero-order valence-corrected chi connectivity index (χ0v) is 11.9. The number of ether oxygens (including phenoxy) is 1. The highest BCUT2D eigenvalue weighted by atomic mass is 16.5. The Labute approximate surface area is 111 Å². The Hall–Kier alpha value is -0.870. The summed E-state index contributed by atoms with van der Waals surface area (Å²) < 4.78 is 4.99. The van der Waals surface area contributed by atoms with Gasteiger partial charge in [-0.2, -0.15) is 0 Å². The molecule has 0 aromatic heterocycles. The summed E-state index contributed by atoms with van der Waals surface area (Å²) in [5.74, 6) is -0.259. The Bertz CT molecular complexity index is 292. The predicted octanol–water partition coefficient (Wildman–Crippen LogP) is 1.52. The van der Waals surface area contributed by atoms with Gasteiger partial charge in [0.25, 0.3) is 0 Å². The van der Waals surface area contributed by atoms with Crippen molar-refractivity contribution in [2.75, 3.05) is 39.8 Å². The smallest absolute Gasteiger partial charge is 0.334 e. The molecule has 104 valence electrons. The molecule has 1 aliphatic heterocycles. The van der Waals surface area contributed by atoms with Gasteiger partial charge in [0.05, 0.1) is 6.61 Å². The molecular formula is C14H26N2O2. The third-order valence-electron chi connectivity index (χ3n) is 3.45. The van der Waals surface area contributed by atoms with Gasteiger partial charge in [-0.1, -0.05) is 13.5 Å². The van der Waals surface area contributed by atoms with Crippen LogP contribution in [-0.4, -0.2) is 61.6 Å². The van der Waals surface area contributed by atoms with Crippen molar-refractivity contribution >= 4 is 5.97 Å². The van der Waals surface area contributed by atoms with E-state index in [0.717, 1.165) is 32.5 Å². The highest BCUT2D eigenvalue weighted by Crippen LogP contribution is 2.13. The van der Waals surface area contributed by atoms with Gasteiger partial charge in [0, 0.05) is 31.2 Å². The van der Waals surface area contributed by atoms with Gasteiger partial charge < -0.3 is 9.64 Å². The van der Waals surface area contributed by atoms with Gasteiger partial charge in [-0.15, -0.1) is 0 Å². The van der Waals surface area contributed by atoms with Crippen molar-refractivity contribution in [1.29, 1.82) is 0 Å². The molecule has 0 saturated carbocycles. The van der Waals surface area contributed by atoms with Crippen LogP contribution in [0.3, 0.4) is 0 Å². The first-order valence-electron chi connectivity index (χ1n) is 6.86. The molecule has 0 aliphatic carbocycles. The molecule has 18 heavy (non-hydrogen) atoms. The van der Waals surface area contributed by atoms with E-state index in [1.165, 1.54) is 0 Å². The molecular weight excluding hydrogens is 228 g/mol. The summed E-state index contributed by atoms with van der Waals surface area (Å²) in [6.45, 7) is 12.1. The zero-order chi connectivity index (χ0) is 13.5. The van der Waals surface area contributed by atoms with Gasteiger partial charge in [0.1, 0.15) is 0 Å². The lowest BCUT2D eigenvalue weighted by Crippen LogP contribution is -2.41. The molecule has 0 N–H and O–H groups in total. The van der Waals surface area contributed by atoms with E-state index < -0.39 is 0 Å². The predicted molar refractivity (Wildman–Crippen MR) is 73.5 cm³/mol. The van der Waals surface area contributed by atoms with E-state index in [-0.39, 0.29) is 5.97 Å². The minimum Gasteiger partial charge on any atom is -0.463 e. The second kappa shape index (κ2) is 7.54. The summed E-state index contributed by atoms with van der Waals surface area (Å²) in [7, 11) is 2.16. The molecule has 1 unspecified atom stereocenters.